The van der Waals surface area contributed by atoms with E-state index in [0.717, 1.165) is 22.6 Å². The van der Waals surface area contributed by atoms with Gasteiger partial charge >= 0.3 is 0 Å². The molecular weight excluding hydrogens is 388 g/mol. The van der Waals surface area contributed by atoms with Crippen molar-refractivity contribution in [1.82, 2.24) is 4.90 Å². The number of aliphatic hydroxyl groups excluding tert-OH is 1. The lowest BCUT2D eigenvalue weighted by molar-refractivity contribution is -0.134. The van der Waals surface area contributed by atoms with E-state index in [0.29, 0.717) is 30.9 Å². The Balaban J connectivity index is 1.30. The molecule has 4 rings (SSSR count). The number of aliphatic hydroxyl groups is 1. The molecule has 0 aromatic heterocycles. The molecule has 1 saturated heterocycles. The number of fused-ring (bicyclic) bond motifs is 1. The van der Waals surface area contributed by atoms with Crippen LogP contribution in [0.25, 0.3) is 0 Å². The number of thioether (sulfide) groups is 1. The zero-order valence-corrected chi connectivity index (χ0v) is 16.9. The van der Waals surface area contributed by atoms with Gasteiger partial charge in [0.1, 0.15) is 18.0 Å². The SMILES string of the molecule is O=C1CCc2ccc(O[C@@H]3CCN(C(=O)CSc4ccccc4)C[C@H]3O)cc2N1. The van der Waals surface area contributed by atoms with Crippen LogP contribution in [-0.2, 0) is 16.0 Å². The molecule has 152 valence electrons. The second kappa shape index (κ2) is 8.88. The summed E-state index contributed by atoms with van der Waals surface area (Å²) in [5, 5.41) is 13.4. The van der Waals surface area contributed by atoms with Crippen LogP contribution in [0.2, 0.25) is 0 Å². The van der Waals surface area contributed by atoms with Gasteiger partial charge in [-0.25, -0.2) is 0 Å². The van der Waals surface area contributed by atoms with E-state index >= 15 is 0 Å². The molecule has 1 fully saturated rings. The smallest absolute Gasteiger partial charge is 0.233 e. The molecule has 0 aliphatic carbocycles. The summed E-state index contributed by atoms with van der Waals surface area (Å²) in [6.07, 6.45) is 0.664. The van der Waals surface area contributed by atoms with Crippen molar-refractivity contribution in [2.45, 2.75) is 36.4 Å². The lowest BCUT2D eigenvalue weighted by atomic mass is 10.0. The molecule has 2 aliphatic heterocycles. The number of rotatable bonds is 5. The van der Waals surface area contributed by atoms with Gasteiger partial charge in [0.15, 0.2) is 0 Å². The second-order valence-corrected chi connectivity index (χ2v) is 8.37. The summed E-state index contributed by atoms with van der Waals surface area (Å²) in [7, 11) is 0. The molecule has 0 spiro atoms. The van der Waals surface area contributed by atoms with E-state index in [1.807, 2.05) is 48.5 Å². The fraction of sp³-hybridized carbons (Fsp3) is 0.364. The minimum atomic E-state index is -0.750. The fourth-order valence-electron chi connectivity index (χ4n) is 3.63. The number of amides is 2. The minimum absolute atomic E-state index is 0.00915. The van der Waals surface area contributed by atoms with E-state index in [4.69, 9.17) is 4.74 Å². The Hall–Kier alpha value is -2.51. The Bertz CT molecular complexity index is 890. The van der Waals surface area contributed by atoms with E-state index in [2.05, 4.69) is 5.32 Å². The minimum Gasteiger partial charge on any atom is -0.488 e. The number of likely N-dealkylation sites (tertiary alicyclic amines) is 1. The molecule has 0 radical (unpaired) electrons. The molecule has 29 heavy (non-hydrogen) atoms. The zero-order chi connectivity index (χ0) is 20.2. The van der Waals surface area contributed by atoms with Gasteiger partial charge in [0, 0.05) is 36.0 Å². The molecule has 2 aliphatic rings. The summed E-state index contributed by atoms with van der Waals surface area (Å²) in [5.41, 5.74) is 1.87. The van der Waals surface area contributed by atoms with Crippen LogP contribution in [0.4, 0.5) is 5.69 Å². The summed E-state index contributed by atoms with van der Waals surface area (Å²) in [6.45, 7) is 0.818. The third-order valence-corrected chi connectivity index (χ3v) is 6.24. The lowest BCUT2D eigenvalue weighted by Gasteiger charge is -2.36. The van der Waals surface area contributed by atoms with Crippen molar-refractivity contribution in [3.05, 3.63) is 54.1 Å². The number of aryl methyl sites for hydroxylation is 1. The Morgan fingerprint density at radius 2 is 2.03 bits per heavy atom. The van der Waals surface area contributed by atoms with Crippen LogP contribution in [-0.4, -0.2) is 52.9 Å². The number of benzene rings is 2. The number of carbonyl (C=O) groups excluding carboxylic acids is 2. The van der Waals surface area contributed by atoms with Crippen molar-refractivity contribution in [2.75, 3.05) is 24.2 Å². The normalized spacial score (nSPS) is 21.3. The highest BCUT2D eigenvalue weighted by atomic mass is 32.2. The number of nitrogens with one attached hydrogen (secondary N) is 1. The van der Waals surface area contributed by atoms with E-state index in [9.17, 15) is 14.7 Å². The Morgan fingerprint density at radius 1 is 1.21 bits per heavy atom. The van der Waals surface area contributed by atoms with Gasteiger partial charge < -0.3 is 20.1 Å². The zero-order valence-electron chi connectivity index (χ0n) is 16.0. The average Bonchev–Trinajstić information content (AvgIpc) is 2.74. The Morgan fingerprint density at radius 3 is 2.83 bits per heavy atom. The Kier molecular flexibility index (Phi) is 6.06. The van der Waals surface area contributed by atoms with E-state index in [1.54, 1.807) is 4.90 Å². The molecule has 7 heteroatoms. The van der Waals surface area contributed by atoms with Gasteiger partial charge in [-0.15, -0.1) is 11.8 Å². The largest absolute Gasteiger partial charge is 0.488 e. The fourth-order valence-corrected chi connectivity index (χ4v) is 4.45. The number of ether oxygens (including phenoxy) is 1. The van der Waals surface area contributed by atoms with Crippen LogP contribution in [0.15, 0.2) is 53.4 Å². The lowest BCUT2D eigenvalue weighted by Crippen LogP contribution is -2.51. The number of nitrogens with zero attached hydrogens (tertiary/aromatic N) is 1. The molecule has 2 heterocycles. The maximum Gasteiger partial charge on any atom is 0.233 e. The maximum atomic E-state index is 12.5. The van der Waals surface area contributed by atoms with Crippen molar-refractivity contribution in [2.24, 2.45) is 0 Å². The summed E-state index contributed by atoms with van der Waals surface area (Å²) < 4.78 is 5.98. The standard InChI is InChI=1S/C22H24N2O4S/c25-19-13-24(22(27)14-29-17-4-2-1-3-5-17)11-10-20(19)28-16-8-6-15-7-9-21(26)23-18(15)12-16/h1-6,8,12,19-20,25H,7,9-11,13-14H2,(H,23,26)/t19-,20-/m1/s1. The number of β-amino-alcohol motifs (C(OH)–C–C–N with tert-alkyl or cyclic N) is 1. The summed E-state index contributed by atoms with van der Waals surface area (Å²) in [5.74, 6) is 1.00. The molecule has 0 saturated carbocycles. The number of hydrogen-bond acceptors (Lipinski definition) is 5. The molecular formula is C22H24N2O4S. The second-order valence-electron chi connectivity index (χ2n) is 7.32. The highest BCUT2D eigenvalue weighted by Gasteiger charge is 2.31. The van der Waals surface area contributed by atoms with Crippen LogP contribution in [0, 0.1) is 0 Å². The molecule has 0 bridgehead atoms. The van der Waals surface area contributed by atoms with Crippen molar-refractivity contribution in [3.63, 3.8) is 0 Å². The molecule has 2 amide bonds. The predicted molar refractivity (Wildman–Crippen MR) is 112 cm³/mol. The van der Waals surface area contributed by atoms with Crippen LogP contribution < -0.4 is 10.1 Å². The van der Waals surface area contributed by atoms with Crippen LogP contribution in [0.5, 0.6) is 5.75 Å². The molecule has 0 unspecified atom stereocenters. The topological polar surface area (TPSA) is 78.9 Å². The van der Waals surface area contributed by atoms with Gasteiger partial charge in [-0.3, -0.25) is 9.59 Å². The summed E-state index contributed by atoms with van der Waals surface area (Å²) in [6, 6.07) is 15.4. The molecule has 2 aromatic carbocycles. The first-order chi connectivity index (χ1) is 14.1. The monoisotopic (exact) mass is 412 g/mol. The van der Waals surface area contributed by atoms with Crippen LogP contribution in [0.3, 0.4) is 0 Å². The van der Waals surface area contributed by atoms with Crippen LogP contribution in [0.1, 0.15) is 18.4 Å². The Labute approximate surface area is 174 Å². The van der Waals surface area contributed by atoms with Crippen LogP contribution >= 0.6 is 11.8 Å². The molecule has 2 atom stereocenters. The van der Waals surface area contributed by atoms with Gasteiger partial charge in [-0.1, -0.05) is 24.3 Å². The van der Waals surface area contributed by atoms with Crippen molar-refractivity contribution in [1.29, 1.82) is 0 Å². The van der Waals surface area contributed by atoms with Gasteiger partial charge in [0.05, 0.1) is 12.3 Å². The quantitative estimate of drug-likeness (QED) is 0.739. The average molecular weight is 413 g/mol. The first kappa shape index (κ1) is 19.8. The summed E-state index contributed by atoms with van der Waals surface area (Å²) in [4.78, 5) is 26.8. The number of hydrogen-bond donors (Lipinski definition) is 2. The number of anilines is 1. The van der Waals surface area contributed by atoms with E-state index in [-0.39, 0.29) is 24.5 Å². The van der Waals surface area contributed by atoms with Gasteiger partial charge in [-0.2, -0.15) is 0 Å². The number of piperidine rings is 1. The van der Waals surface area contributed by atoms with Gasteiger partial charge in [0.25, 0.3) is 0 Å². The van der Waals surface area contributed by atoms with Crippen molar-refractivity contribution >= 4 is 29.3 Å². The maximum absolute atomic E-state index is 12.5. The molecule has 2 aromatic rings. The van der Waals surface area contributed by atoms with Gasteiger partial charge in [-0.05, 0) is 30.2 Å². The molecule has 2 N–H and O–H groups in total. The van der Waals surface area contributed by atoms with Crippen molar-refractivity contribution in [3.8, 4) is 5.75 Å². The first-order valence-corrected chi connectivity index (χ1v) is 10.8. The first-order valence-electron chi connectivity index (χ1n) is 9.81. The molecule has 6 nitrogen and oxygen atoms in total. The number of carbonyl (C=O) groups is 2. The summed E-state index contributed by atoms with van der Waals surface area (Å²) >= 11 is 1.50. The van der Waals surface area contributed by atoms with Crippen molar-refractivity contribution < 1.29 is 19.4 Å². The van der Waals surface area contributed by atoms with Gasteiger partial charge in [0.2, 0.25) is 11.8 Å². The highest BCUT2D eigenvalue weighted by Crippen LogP contribution is 2.29. The highest BCUT2D eigenvalue weighted by molar-refractivity contribution is 8.00. The predicted octanol–water partition coefficient (Wildman–Crippen LogP) is 2.70. The van der Waals surface area contributed by atoms with E-state index < -0.39 is 6.10 Å². The van der Waals surface area contributed by atoms with E-state index in [1.165, 1.54) is 11.8 Å². The third kappa shape index (κ3) is 4.92. The third-order valence-electron chi connectivity index (χ3n) is 5.24.